The molecule has 2 rings (SSSR count). The summed E-state index contributed by atoms with van der Waals surface area (Å²) in [6.07, 6.45) is 7.21. The van der Waals surface area contributed by atoms with Crippen molar-refractivity contribution in [2.24, 2.45) is 11.8 Å². The first kappa shape index (κ1) is 10.4. The molecule has 0 aromatic heterocycles. The van der Waals surface area contributed by atoms with E-state index in [4.69, 9.17) is 0 Å². The van der Waals surface area contributed by atoms with Crippen LogP contribution >= 0.6 is 0 Å². The number of hydrogen-bond acceptors (Lipinski definition) is 2. The van der Waals surface area contributed by atoms with Crippen LogP contribution in [0.2, 0.25) is 0 Å². The summed E-state index contributed by atoms with van der Waals surface area (Å²) in [5, 5.41) is 3.60. The fraction of sp³-hybridized carbons (Fsp3) is 1.00. The average molecular weight is 196 g/mol. The first-order valence-electron chi connectivity index (χ1n) is 6.24. The summed E-state index contributed by atoms with van der Waals surface area (Å²) in [5.74, 6) is 1.90. The van der Waals surface area contributed by atoms with Crippen molar-refractivity contribution in [2.75, 3.05) is 33.2 Å². The van der Waals surface area contributed by atoms with Crippen LogP contribution in [0.4, 0.5) is 0 Å². The van der Waals surface area contributed by atoms with Crippen molar-refractivity contribution in [3.63, 3.8) is 0 Å². The molecule has 0 spiro atoms. The van der Waals surface area contributed by atoms with Gasteiger partial charge in [-0.25, -0.2) is 0 Å². The summed E-state index contributed by atoms with van der Waals surface area (Å²) in [6, 6.07) is 0. The van der Waals surface area contributed by atoms with Crippen LogP contribution < -0.4 is 5.32 Å². The van der Waals surface area contributed by atoms with Crippen molar-refractivity contribution in [3.8, 4) is 0 Å². The second-order valence-electron chi connectivity index (χ2n) is 5.24. The Kier molecular flexibility index (Phi) is 3.82. The number of nitrogens with one attached hydrogen (secondary N) is 1. The minimum absolute atomic E-state index is 0.914. The lowest BCUT2D eigenvalue weighted by Crippen LogP contribution is -2.42. The molecule has 2 heteroatoms. The fourth-order valence-corrected chi connectivity index (χ4v) is 3.10. The minimum atomic E-state index is 0.914. The fourth-order valence-electron chi connectivity index (χ4n) is 3.10. The van der Waals surface area contributed by atoms with E-state index < -0.39 is 0 Å². The van der Waals surface area contributed by atoms with E-state index >= 15 is 0 Å². The number of piperidine rings is 1. The van der Waals surface area contributed by atoms with Crippen LogP contribution in [0.5, 0.6) is 0 Å². The zero-order valence-corrected chi connectivity index (χ0v) is 9.47. The van der Waals surface area contributed by atoms with Crippen molar-refractivity contribution >= 4 is 0 Å². The van der Waals surface area contributed by atoms with Crippen molar-refractivity contribution in [1.29, 1.82) is 0 Å². The monoisotopic (exact) mass is 196 g/mol. The zero-order chi connectivity index (χ0) is 9.80. The maximum Gasteiger partial charge on any atom is 0.00190 e. The van der Waals surface area contributed by atoms with E-state index in [9.17, 15) is 0 Å². The molecule has 0 amide bonds. The highest BCUT2D eigenvalue weighted by molar-refractivity contribution is 4.79. The number of nitrogens with zero attached hydrogens (tertiary/aromatic N) is 1. The molecule has 0 aromatic rings. The maximum absolute atomic E-state index is 3.60. The topological polar surface area (TPSA) is 15.3 Å². The lowest BCUT2D eigenvalue weighted by Gasteiger charge is -2.36. The number of fused-ring (bicyclic) bond motifs is 2. The molecule has 82 valence electrons. The summed E-state index contributed by atoms with van der Waals surface area (Å²) in [4.78, 5) is 2.53. The molecule has 14 heavy (non-hydrogen) atoms. The van der Waals surface area contributed by atoms with Crippen LogP contribution in [0.3, 0.4) is 0 Å². The summed E-state index contributed by atoms with van der Waals surface area (Å²) in [5.41, 5.74) is 0. The van der Waals surface area contributed by atoms with Crippen molar-refractivity contribution in [2.45, 2.75) is 32.1 Å². The predicted octanol–water partition coefficient (Wildman–Crippen LogP) is 1.72. The van der Waals surface area contributed by atoms with E-state index in [1.807, 2.05) is 0 Å². The number of likely N-dealkylation sites (tertiary alicyclic amines) is 1. The van der Waals surface area contributed by atoms with E-state index in [2.05, 4.69) is 17.3 Å². The van der Waals surface area contributed by atoms with Gasteiger partial charge in [-0.2, -0.15) is 0 Å². The zero-order valence-electron chi connectivity index (χ0n) is 9.47. The summed E-state index contributed by atoms with van der Waals surface area (Å²) < 4.78 is 0. The Bertz CT molecular complexity index is 154. The van der Waals surface area contributed by atoms with Gasteiger partial charge in [-0.1, -0.05) is 12.8 Å². The summed E-state index contributed by atoms with van der Waals surface area (Å²) >= 11 is 0. The molecule has 2 bridgehead atoms. The largest absolute Gasteiger partial charge is 0.316 e. The highest BCUT2D eigenvalue weighted by Crippen LogP contribution is 2.25. The van der Waals surface area contributed by atoms with Gasteiger partial charge in [-0.15, -0.1) is 0 Å². The van der Waals surface area contributed by atoms with Crippen LogP contribution in [0, 0.1) is 11.8 Å². The first-order chi connectivity index (χ1) is 6.84. The SMILES string of the molecule is CN1C[C@@H]2CCCCCNC[C@H](C2)C1. The molecule has 0 radical (unpaired) electrons. The van der Waals surface area contributed by atoms with Crippen LogP contribution in [0.25, 0.3) is 0 Å². The van der Waals surface area contributed by atoms with Gasteiger partial charge in [0.05, 0.1) is 0 Å². The molecule has 2 heterocycles. The molecule has 0 saturated carbocycles. The van der Waals surface area contributed by atoms with Gasteiger partial charge in [-0.05, 0) is 51.2 Å². The highest BCUT2D eigenvalue weighted by atomic mass is 15.1. The summed E-state index contributed by atoms with van der Waals surface area (Å²) in [7, 11) is 2.28. The molecule has 2 atom stereocenters. The Balaban J connectivity index is 1.89. The normalized spacial score (nSPS) is 36.6. The van der Waals surface area contributed by atoms with Crippen molar-refractivity contribution in [1.82, 2.24) is 10.2 Å². The molecule has 0 aromatic carbocycles. The minimum Gasteiger partial charge on any atom is -0.316 e. The molecule has 0 unspecified atom stereocenters. The Morgan fingerprint density at radius 3 is 2.86 bits per heavy atom. The molecule has 2 aliphatic heterocycles. The maximum atomic E-state index is 3.60. The standard InChI is InChI=1S/C12H24N2/c1-14-9-11-5-3-2-4-6-13-8-12(7-11)10-14/h11-13H,2-10H2,1H3/t11-,12+/m1/s1. The summed E-state index contributed by atoms with van der Waals surface area (Å²) in [6.45, 7) is 5.14. The molecular formula is C12H24N2. The molecule has 1 N–H and O–H groups in total. The van der Waals surface area contributed by atoms with Gasteiger partial charge in [0.2, 0.25) is 0 Å². The van der Waals surface area contributed by atoms with Gasteiger partial charge < -0.3 is 10.2 Å². The molecule has 2 aliphatic rings. The average Bonchev–Trinajstić information content (AvgIpc) is 2.15. The van der Waals surface area contributed by atoms with Gasteiger partial charge >= 0.3 is 0 Å². The van der Waals surface area contributed by atoms with Crippen LogP contribution in [0.1, 0.15) is 32.1 Å². The predicted molar refractivity (Wildman–Crippen MR) is 60.4 cm³/mol. The number of hydrogen-bond donors (Lipinski definition) is 1. The molecule has 0 aliphatic carbocycles. The third-order valence-electron chi connectivity index (χ3n) is 3.71. The Hall–Kier alpha value is -0.0800. The van der Waals surface area contributed by atoms with Gasteiger partial charge in [0.1, 0.15) is 0 Å². The van der Waals surface area contributed by atoms with Crippen LogP contribution in [0.15, 0.2) is 0 Å². The van der Waals surface area contributed by atoms with Gasteiger partial charge in [0, 0.05) is 13.1 Å². The molecule has 2 fully saturated rings. The van der Waals surface area contributed by atoms with Gasteiger partial charge in [-0.3, -0.25) is 0 Å². The first-order valence-corrected chi connectivity index (χ1v) is 6.24. The third kappa shape index (κ3) is 2.96. The molecule has 2 saturated heterocycles. The van der Waals surface area contributed by atoms with E-state index in [-0.39, 0.29) is 0 Å². The molecule has 2 nitrogen and oxygen atoms in total. The number of rotatable bonds is 0. The Labute approximate surface area is 88.1 Å². The van der Waals surface area contributed by atoms with Crippen molar-refractivity contribution < 1.29 is 0 Å². The second kappa shape index (κ2) is 5.13. The van der Waals surface area contributed by atoms with Gasteiger partial charge in [0.15, 0.2) is 0 Å². The van der Waals surface area contributed by atoms with E-state index in [0.717, 1.165) is 11.8 Å². The smallest absolute Gasteiger partial charge is 0.00190 e. The molecular weight excluding hydrogens is 172 g/mol. The van der Waals surface area contributed by atoms with Crippen molar-refractivity contribution in [3.05, 3.63) is 0 Å². The van der Waals surface area contributed by atoms with E-state index in [1.165, 1.54) is 58.3 Å². The van der Waals surface area contributed by atoms with Crippen LogP contribution in [-0.2, 0) is 0 Å². The van der Waals surface area contributed by atoms with E-state index in [1.54, 1.807) is 0 Å². The lowest BCUT2D eigenvalue weighted by atomic mass is 9.85. The highest BCUT2D eigenvalue weighted by Gasteiger charge is 2.24. The Morgan fingerprint density at radius 2 is 1.93 bits per heavy atom. The lowest BCUT2D eigenvalue weighted by molar-refractivity contribution is 0.139. The Morgan fingerprint density at radius 1 is 1.07 bits per heavy atom. The quantitative estimate of drug-likeness (QED) is 0.634. The van der Waals surface area contributed by atoms with Gasteiger partial charge in [0.25, 0.3) is 0 Å². The second-order valence-corrected chi connectivity index (χ2v) is 5.24. The van der Waals surface area contributed by atoms with E-state index in [0.29, 0.717) is 0 Å². The third-order valence-corrected chi connectivity index (χ3v) is 3.71. The van der Waals surface area contributed by atoms with Crippen LogP contribution in [-0.4, -0.2) is 38.1 Å².